The molecule has 1 atom stereocenters. The van der Waals surface area contributed by atoms with Crippen molar-refractivity contribution >= 4 is 5.96 Å². The summed E-state index contributed by atoms with van der Waals surface area (Å²) in [6, 6.07) is 12.7. The molecule has 0 amide bonds. The zero-order chi connectivity index (χ0) is 16.8. The molecule has 126 valence electrons. The topological polar surface area (TPSA) is 53.4 Å². The van der Waals surface area contributed by atoms with E-state index in [1.54, 1.807) is 6.20 Å². The van der Waals surface area contributed by atoms with Gasteiger partial charge in [0, 0.05) is 26.3 Å². The molecule has 2 aromatic rings. The first-order chi connectivity index (χ1) is 11.7. The van der Waals surface area contributed by atoms with Gasteiger partial charge in [-0.3, -0.25) is 4.99 Å². The van der Waals surface area contributed by atoms with Crippen molar-refractivity contribution in [2.45, 2.75) is 26.3 Å². The largest absolute Gasteiger partial charge is 0.351 e. The van der Waals surface area contributed by atoms with Crippen molar-refractivity contribution in [3.05, 3.63) is 59.7 Å². The average Bonchev–Trinajstić information content (AvgIpc) is 3.05. The quantitative estimate of drug-likeness (QED) is 0.693. The molecule has 1 fully saturated rings. The Bertz CT molecular complexity index is 683. The molecule has 5 nitrogen and oxygen atoms in total. The molecule has 1 saturated heterocycles. The van der Waals surface area contributed by atoms with E-state index in [1.165, 1.54) is 12.0 Å². The molecule has 1 aliphatic heterocycles. The van der Waals surface area contributed by atoms with Gasteiger partial charge in [-0.15, -0.1) is 0 Å². The summed E-state index contributed by atoms with van der Waals surface area (Å²) in [5.41, 5.74) is 2.41. The van der Waals surface area contributed by atoms with Gasteiger partial charge in [-0.25, -0.2) is 9.97 Å². The lowest BCUT2D eigenvalue weighted by Gasteiger charge is -2.21. The molecule has 1 aromatic heterocycles. The van der Waals surface area contributed by atoms with Crippen LogP contribution in [0.5, 0.6) is 0 Å². The number of aryl methyl sites for hydroxylation is 1. The summed E-state index contributed by atoms with van der Waals surface area (Å²) in [6.07, 6.45) is 4.15. The molecule has 1 aliphatic rings. The van der Waals surface area contributed by atoms with E-state index in [4.69, 9.17) is 0 Å². The van der Waals surface area contributed by atoms with Gasteiger partial charge in [0.15, 0.2) is 5.96 Å². The van der Waals surface area contributed by atoms with Gasteiger partial charge in [0.2, 0.25) is 0 Å². The monoisotopic (exact) mass is 323 g/mol. The zero-order valence-corrected chi connectivity index (χ0v) is 14.4. The maximum absolute atomic E-state index is 4.44. The van der Waals surface area contributed by atoms with E-state index in [2.05, 4.69) is 55.5 Å². The van der Waals surface area contributed by atoms with E-state index >= 15 is 0 Å². The van der Waals surface area contributed by atoms with E-state index in [0.29, 0.717) is 12.5 Å². The molecule has 0 aliphatic carbocycles. The highest BCUT2D eigenvalue weighted by Crippen LogP contribution is 2.20. The highest BCUT2D eigenvalue weighted by atomic mass is 15.3. The summed E-state index contributed by atoms with van der Waals surface area (Å²) < 4.78 is 0. The van der Waals surface area contributed by atoms with Gasteiger partial charge in [-0.05, 0) is 37.3 Å². The van der Waals surface area contributed by atoms with Gasteiger partial charge in [-0.2, -0.15) is 0 Å². The Balaban J connectivity index is 1.53. The van der Waals surface area contributed by atoms with Gasteiger partial charge >= 0.3 is 0 Å². The lowest BCUT2D eigenvalue weighted by Crippen LogP contribution is -2.39. The molecule has 1 N–H and O–H groups in total. The minimum absolute atomic E-state index is 0.676. The fourth-order valence-corrected chi connectivity index (χ4v) is 3.24. The Morgan fingerprint density at radius 3 is 2.88 bits per heavy atom. The predicted molar refractivity (Wildman–Crippen MR) is 96.8 cm³/mol. The molecular formula is C19H25N5. The van der Waals surface area contributed by atoms with E-state index < -0.39 is 0 Å². The summed E-state index contributed by atoms with van der Waals surface area (Å²) in [5, 5.41) is 3.42. The SMILES string of the molecule is CN=C(NCc1ccnc(C)n1)N1CCC(Cc2ccccc2)C1. The normalized spacial score (nSPS) is 18.0. The second kappa shape index (κ2) is 7.90. The van der Waals surface area contributed by atoms with Crippen LogP contribution in [0, 0.1) is 12.8 Å². The number of hydrogen-bond donors (Lipinski definition) is 1. The molecule has 0 saturated carbocycles. The summed E-state index contributed by atoms with van der Waals surface area (Å²) in [7, 11) is 1.85. The molecule has 1 unspecified atom stereocenters. The molecule has 2 heterocycles. The van der Waals surface area contributed by atoms with Crippen molar-refractivity contribution in [1.82, 2.24) is 20.2 Å². The molecule has 5 heteroatoms. The number of hydrogen-bond acceptors (Lipinski definition) is 3. The van der Waals surface area contributed by atoms with E-state index in [1.807, 2.05) is 20.0 Å². The Hall–Kier alpha value is -2.43. The molecule has 0 bridgehead atoms. The number of nitrogens with zero attached hydrogens (tertiary/aromatic N) is 4. The Morgan fingerprint density at radius 2 is 2.12 bits per heavy atom. The van der Waals surface area contributed by atoms with Gasteiger partial charge in [0.1, 0.15) is 5.82 Å². The maximum atomic E-state index is 4.44. The fraction of sp³-hybridized carbons (Fsp3) is 0.421. The fourth-order valence-electron chi connectivity index (χ4n) is 3.24. The number of likely N-dealkylation sites (tertiary alicyclic amines) is 1. The van der Waals surface area contributed by atoms with Crippen LogP contribution < -0.4 is 5.32 Å². The number of rotatable bonds is 4. The van der Waals surface area contributed by atoms with Crippen molar-refractivity contribution in [2.24, 2.45) is 10.9 Å². The predicted octanol–water partition coefficient (Wildman–Crippen LogP) is 2.43. The number of guanidine groups is 1. The number of aromatic nitrogens is 2. The van der Waals surface area contributed by atoms with Gasteiger partial charge < -0.3 is 10.2 Å². The Labute approximate surface area is 143 Å². The van der Waals surface area contributed by atoms with Gasteiger partial charge in [0.25, 0.3) is 0 Å². The van der Waals surface area contributed by atoms with Gasteiger partial charge in [0.05, 0.1) is 12.2 Å². The summed E-state index contributed by atoms with van der Waals surface area (Å²) in [5.74, 6) is 2.45. The maximum Gasteiger partial charge on any atom is 0.193 e. The lowest BCUT2D eigenvalue weighted by molar-refractivity contribution is 0.459. The molecule has 0 radical (unpaired) electrons. The third kappa shape index (κ3) is 4.31. The first-order valence-electron chi connectivity index (χ1n) is 8.52. The van der Waals surface area contributed by atoms with Crippen LogP contribution in [0.2, 0.25) is 0 Å². The minimum atomic E-state index is 0.676. The zero-order valence-electron chi connectivity index (χ0n) is 14.4. The molecule has 1 aromatic carbocycles. The number of benzene rings is 1. The van der Waals surface area contributed by atoms with Crippen LogP contribution in [0.1, 0.15) is 23.5 Å². The van der Waals surface area contributed by atoms with E-state index in [9.17, 15) is 0 Å². The smallest absolute Gasteiger partial charge is 0.193 e. The van der Waals surface area contributed by atoms with Crippen LogP contribution in [-0.4, -0.2) is 41.0 Å². The van der Waals surface area contributed by atoms with E-state index in [-0.39, 0.29) is 0 Å². The van der Waals surface area contributed by atoms with Crippen LogP contribution in [0.4, 0.5) is 0 Å². The number of aliphatic imine (C=N–C) groups is 1. The van der Waals surface area contributed by atoms with Crippen LogP contribution in [0.15, 0.2) is 47.6 Å². The molecule has 24 heavy (non-hydrogen) atoms. The summed E-state index contributed by atoms with van der Waals surface area (Å²) in [4.78, 5) is 15.4. The lowest BCUT2D eigenvalue weighted by atomic mass is 9.99. The standard InChI is InChI=1S/C19H25N5/c1-15-21-10-8-18(23-15)13-22-19(20-2)24-11-9-17(14-24)12-16-6-4-3-5-7-16/h3-8,10,17H,9,11-14H2,1-2H3,(H,20,22). The second-order valence-electron chi connectivity index (χ2n) is 6.29. The Morgan fingerprint density at radius 1 is 1.29 bits per heavy atom. The summed E-state index contributed by atoms with van der Waals surface area (Å²) in [6.45, 7) is 4.69. The second-order valence-corrected chi connectivity index (χ2v) is 6.29. The Kier molecular flexibility index (Phi) is 5.41. The average molecular weight is 323 g/mol. The first kappa shape index (κ1) is 16.4. The highest BCUT2D eigenvalue weighted by molar-refractivity contribution is 5.80. The minimum Gasteiger partial charge on any atom is -0.351 e. The van der Waals surface area contributed by atoms with Crippen LogP contribution >= 0.6 is 0 Å². The third-order valence-corrected chi connectivity index (χ3v) is 4.43. The summed E-state index contributed by atoms with van der Waals surface area (Å²) >= 11 is 0. The number of nitrogens with one attached hydrogen (secondary N) is 1. The van der Waals surface area contributed by atoms with Crippen LogP contribution in [-0.2, 0) is 13.0 Å². The molecular weight excluding hydrogens is 298 g/mol. The van der Waals surface area contributed by atoms with Crippen molar-refractivity contribution < 1.29 is 0 Å². The van der Waals surface area contributed by atoms with Crippen LogP contribution in [0.25, 0.3) is 0 Å². The van der Waals surface area contributed by atoms with Crippen molar-refractivity contribution in [3.63, 3.8) is 0 Å². The van der Waals surface area contributed by atoms with Crippen molar-refractivity contribution in [3.8, 4) is 0 Å². The third-order valence-electron chi connectivity index (χ3n) is 4.43. The first-order valence-corrected chi connectivity index (χ1v) is 8.52. The van der Waals surface area contributed by atoms with Gasteiger partial charge in [-0.1, -0.05) is 30.3 Å². The van der Waals surface area contributed by atoms with Crippen molar-refractivity contribution in [1.29, 1.82) is 0 Å². The van der Waals surface area contributed by atoms with Crippen LogP contribution in [0.3, 0.4) is 0 Å². The molecule has 3 rings (SSSR count). The van der Waals surface area contributed by atoms with Crippen molar-refractivity contribution in [2.75, 3.05) is 20.1 Å². The highest BCUT2D eigenvalue weighted by Gasteiger charge is 2.24. The molecule has 0 spiro atoms. The van der Waals surface area contributed by atoms with E-state index in [0.717, 1.165) is 37.0 Å².